The summed E-state index contributed by atoms with van der Waals surface area (Å²) in [7, 11) is 0. The molecule has 2 heterocycles. The lowest BCUT2D eigenvalue weighted by atomic mass is 10.0. The predicted molar refractivity (Wildman–Crippen MR) is 94.6 cm³/mol. The van der Waals surface area contributed by atoms with Gasteiger partial charge < -0.3 is 10.0 Å². The number of carboxylic acid groups (broad SMARTS) is 1. The van der Waals surface area contributed by atoms with Gasteiger partial charge >= 0.3 is 5.97 Å². The monoisotopic (exact) mass is 381 g/mol. The van der Waals surface area contributed by atoms with Crippen molar-refractivity contribution >= 4 is 35.1 Å². The van der Waals surface area contributed by atoms with E-state index in [2.05, 4.69) is 5.10 Å². The molecule has 1 aliphatic heterocycles. The molecule has 3 rings (SSSR count). The van der Waals surface area contributed by atoms with Crippen LogP contribution in [0.2, 0.25) is 10.0 Å². The number of halogens is 2. The van der Waals surface area contributed by atoms with Crippen LogP contribution in [0.5, 0.6) is 0 Å². The number of likely N-dealkylation sites (tertiary alicyclic amines) is 1. The van der Waals surface area contributed by atoms with Crippen molar-refractivity contribution < 1.29 is 14.7 Å². The molecule has 0 spiro atoms. The maximum Gasteiger partial charge on any atom is 0.308 e. The molecule has 8 heteroatoms. The first-order chi connectivity index (χ1) is 11.8. The second-order valence-electron chi connectivity index (χ2n) is 6.15. The Morgan fingerprint density at radius 2 is 1.96 bits per heavy atom. The molecule has 1 fully saturated rings. The molecule has 2 aromatic rings. The van der Waals surface area contributed by atoms with Gasteiger partial charge in [0.1, 0.15) is 0 Å². The predicted octanol–water partition coefficient (Wildman–Crippen LogP) is 3.42. The van der Waals surface area contributed by atoms with Crippen molar-refractivity contribution in [1.29, 1.82) is 0 Å². The lowest BCUT2D eigenvalue weighted by Gasteiger charge is -2.22. The Hall–Kier alpha value is -2.05. The lowest BCUT2D eigenvalue weighted by molar-refractivity contribution is -0.142. The second kappa shape index (κ2) is 6.69. The highest BCUT2D eigenvalue weighted by Crippen LogP contribution is 2.27. The molecular formula is C17H17Cl2N3O3. The fourth-order valence-electron chi connectivity index (χ4n) is 3.16. The smallest absolute Gasteiger partial charge is 0.308 e. The number of aryl methyl sites for hydroxylation is 1. The van der Waals surface area contributed by atoms with Crippen LogP contribution in [-0.2, 0) is 4.79 Å². The van der Waals surface area contributed by atoms with Crippen LogP contribution in [0, 0.1) is 12.8 Å². The van der Waals surface area contributed by atoms with Gasteiger partial charge in [-0.3, -0.25) is 9.59 Å². The summed E-state index contributed by atoms with van der Waals surface area (Å²) in [5, 5.41) is 14.4. The summed E-state index contributed by atoms with van der Waals surface area (Å²) in [6.45, 7) is 4.00. The minimum atomic E-state index is -0.875. The summed E-state index contributed by atoms with van der Waals surface area (Å²) >= 11 is 12.0. The number of carbonyl (C=O) groups is 2. The van der Waals surface area contributed by atoms with E-state index >= 15 is 0 Å². The maximum atomic E-state index is 12.8. The number of rotatable bonds is 3. The third-order valence-electron chi connectivity index (χ3n) is 4.59. The Balaban J connectivity index is 1.88. The third kappa shape index (κ3) is 3.24. The average molecular weight is 382 g/mol. The van der Waals surface area contributed by atoms with E-state index in [1.165, 1.54) is 0 Å². The van der Waals surface area contributed by atoms with E-state index in [1.807, 2.05) is 6.92 Å². The van der Waals surface area contributed by atoms with Crippen molar-refractivity contribution in [1.82, 2.24) is 14.7 Å². The molecule has 1 amide bonds. The van der Waals surface area contributed by atoms with E-state index in [0.717, 1.165) is 5.69 Å². The van der Waals surface area contributed by atoms with Gasteiger partial charge in [0.2, 0.25) is 0 Å². The first kappa shape index (κ1) is 17.8. The highest BCUT2D eigenvalue weighted by atomic mass is 35.5. The van der Waals surface area contributed by atoms with Crippen LogP contribution < -0.4 is 0 Å². The maximum absolute atomic E-state index is 12.8. The first-order valence-electron chi connectivity index (χ1n) is 7.85. The minimum Gasteiger partial charge on any atom is -0.481 e. The first-order valence-corrected chi connectivity index (χ1v) is 8.61. The Kier molecular flexibility index (Phi) is 4.75. The van der Waals surface area contributed by atoms with Gasteiger partial charge in [0.15, 0.2) is 5.69 Å². The Morgan fingerprint density at radius 3 is 2.56 bits per heavy atom. The summed E-state index contributed by atoms with van der Waals surface area (Å²) < 4.78 is 1.62. The molecule has 1 N–H and O–H groups in total. The van der Waals surface area contributed by atoms with E-state index in [4.69, 9.17) is 23.2 Å². The Bertz CT molecular complexity index is 850. The summed E-state index contributed by atoms with van der Waals surface area (Å²) in [5.74, 6) is -1.68. The topological polar surface area (TPSA) is 75.4 Å². The fraction of sp³-hybridized carbons (Fsp3) is 0.353. The number of nitrogens with zero attached hydrogens (tertiary/aromatic N) is 3. The van der Waals surface area contributed by atoms with E-state index in [9.17, 15) is 14.7 Å². The average Bonchev–Trinajstić information content (AvgIpc) is 3.12. The quantitative estimate of drug-likeness (QED) is 0.883. The number of aromatic nitrogens is 2. The summed E-state index contributed by atoms with van der Waals surface area (Å²) in [5.41, 5.74) is 1.74. The summed E-state index contributed by atoms with van der Waals surface area (Å²) in [6.07, 6.45) is 0.453. The van der Waals surface area contributed by atoms with Gasteiger partial charge in [-0.2, -0.15) is 5.10 Å². The molecule has 0 bridgehead atoms. The van der Waals surface area contributed by atoms with Crippen molar-refractivity contribution in [2.45, 2.75) is 26.3 Å². The highest BCUT2D eigenvalue weighted by Gasteiger charge is 2.39. The molecule has 25 heavy (non-hydrogen) atoms. The molecule has 2 atom stereocenters. The second-order valence-corrected chi connectivity index (χ2v) is 6.97. The minimum absolute atomic E-state index is 0.266. The molecule has 6 nitrogen and oxygen atoms in total. The lowest BCUT2D eigenvalue weighted by Crippen LogP contribution is -2.37. The Morgan fingerprint density at radius 1 is 1.24 bits per heavy atom. The van der Waals surface area contributed by atoms with E-state index in [-0.39, 0.29) is 17.6 Å². The van der Waals surface area contributed by atoms with Gasteiger partial charge in [-0.1, -0.05) is 23.2 Å². The number of hydrogen-bond acceptors (Lipinski definition) is 3. The van der Waals surface area contributed by atoms with Crippen molar-refractivity contribution in [3.05, 3.63) is 45.7 Å². The van der Waals surface area contributed by atoms with Crippen LogP contribution in [0.4, 0.5) is 0 Å². The number of carboxylic acids is 1. The van der Waals surface area contributed by atoms with Crippen LogP contribution in [0.1, 0.15) is 29.5 Å². The zero-order chi connectivity index (χ0) is 18.3. The molecule has 132 valence electrons. The molecule has 0 aliphatic carbocycles. The van der Waals surface area contributed by atoms with Crippen LogP contribution in [0.25, 0.3) is 5.69 Å². The number of aliphatic carboxylic acids is 1. The normalized spacial score (nSPS) is 20.1. The van der Waals surface area contributed by atoms with Crippen molar-refractivity contribution in [2.24, 2.45) is 5.92 Å². The number of amides is 1. The summed E-state index contributed by atoms with van der Waals surface area (Å²) in [4.78, 5) is 25.6. The largest absolute Gasteiger partial charge is 0.481 e. The van der Waals surface area contributed by atoms with E-state index in [1.54, 1.807) is 40.8 Å². The van der Waals surface area contributed by atoms with Crippen LogP contribution in [-0.4, -0.2) is 44.3 Å². The Labute approximate surface area is 154 Å². The summed E-state index contributed by atoms with van der Waals surface area (Å²) in [6, 6.07) is 6.44. The highest BCUT2D eigenvalue weighted by molar-refractivity contribution is 6.42. The van der Waals surface area contributed by atoms with Crippen molar-refractivity contribution in [3.63, 3.8) is 0 Å². The molecule has 1 aromatic carbocycles. The zero-order valence-electron chi connectivity index (χ0n) is 13.7. The van der Waals surface area contributed by atoms with Gasteiger partial charge in [0, 0.05) is 18.3 Å². The van der Waals surface area contributed by atoms with Crippen LogP contribution >= 0.6 is 23.2 Å². The molecule has 2 unspecified atom stereocenters. The standard InChI is InChI=1S/C17H17Cl2N3O3/c1-9-7-15(16(23)21-6-5-12(10(21)2)17(24)25)20-22(9)11-3-4-13(18)14(19)8-11/h3-4,7-8,10,12H,5-6H2,1-2H3,(H,24,25). The van der Waals surface area contributed by atoms with Crippen molar-refractivity contribution in [2.75, 3.05) is 6.54 Å². The molecule has 0 saturated carbocycles. The third-order valence-corrected chi connectivity index (χ3v) is 5.33. The van der Waals surface area contributed by atoms with Gasteiger partial charge in [-0.05, 0) is 44.5 Å². The van der Waals surface area contributed by atoms with Gasteiger partial charge in [0.05, 0.1) is 21.7 Å². The van der Waals surface area contributed by atoms with E-state index in [0.29, 0.717) is 28.7 Å². The zero-order valence-corrected chi connectivity index (χ0v) is 15.3. The molecular weight excluding hydrogens is 365 g/mol. The van der Waals surface area contributed by atoms with Crippen molar-refractivity contribution in [3.8, 4) is 5.69 Å². The number of carbonyl (C=O) groups excluding carboxylic acids is 1. The van der Waals surface area contributed by atoms with Gasteiger partial charge in [-0.25, -0.2) is 4.68 Å². The molecule has 1 saturated heterocycles. The number of benzene rings is 1. The molecule has 1 aromatic heterocycles. The SMILES string of the molecule is Cc1cc(C(=O)N2CCC(C(=O)O)C2C)nn1-c1ccc(Cl)c(Cl)c1. The number of hydrogen-bond donors (Lipinski definition) is 1. The molecule has 0 radical (unpaired) electrons. The van der Waals surface area contributed by atoms with Crippen LogP contribution in [0.15, 0.2) is 24.3 Å². The molecule has 1 aliphatic rings. The van der Waals surface area contributed by atoms with E-state index < -0.39 is 11.9 Å². The van der Waals surface area contributed by atoms with Gasteiger partial charge in [-0.15, -0.1) is 0 Å². The fourth-order valence-corrected chi connectivity index (χ4v) is 3.45. The van der Waals surface area contributed by atoms with Crippen LogP contribution in [0.3, 0.4) is 0 Å². The van der Waals surface area contributed by atoms with Gasteiger partial charge in [0.25, 0.3) is 5.91 Å².